The molecular formula is C21H24N4O2. The minimum Gasteiger partial charge on any atom is -0.335 e. The van der Waals surface area contributed by atoms with Crippen LogP contribution in [0.3, 0.4) is 0 Å². The number of carbonyl (C=O) groups is 2. The van der Waals surface area contributed by atoms with E-state index in [9.17, 15) is 9.59 Å². The van der Waals surface area contributed by atoms with Crippen molar-refractivity contribution < 1.29 is 9.59 Å². The number of anilines is 1. The van der Waals surface area contributed by atoms with E-state index in [2.05, 4.69) is 10.3 Å². The summed E-state index contributed by atoms with van der Waals surface area (Å²) in [6.45, 7) is 5.92. The van der Waals surface area contributed by atoms with Gasteiger partial charge in [0.15, 0.2) is 0 Å². The van der Waals surface area contributed by atoms with E-state index in [4.69, 9.17) is 0 Å². The van der Waals surface area contributed by atoms with Gasteiger partial charge in [-0.05, 0) is 44.0 Å². The zero-order chi connectivity index (χ0) is 19.6. The van der Waals surface area contributed by atoms with Crippen LogP contribution >= 0.6 is 0 Å². The molecule has 2 amide bonds. The normalized spacial score (nSPS) is 10.8. The van der Waals surface area contributed by atoms with Crippen LogP contribution in [0.25, 0.3) is 11.0 Å². The number of benzene rings is 2. The van der Waals surface area contributed by atoms with Crippen molar-refractivity contribution in [1.82, 2.24) is 14.5 Å². The third kappa shape index (κ3) is 4.00. The molecule has 1 aromatic heterocycles. The molecular weight excluding hydrogens is 340 g/mol. The summed E-state index contributed by atoms with van der Waals surface area (Å²) in [4.78, 5) is 30.9. The number of fused-ring (bicyclic) bond motifs is 1. The van der Waals surface area contributed by atoms with Gasteiger partial charge in [0, 0.05) is 12.7 Å². The molecule has 1 N–H and O–H groups in total. The topological polar surface area (TPSA) is 67.2 Å². The number of hydrogen-bond donors (Lipinski definition) is 1. The molecule has 0 aliphatic heterocycles. The molecule has 6 heteroatoms. The molecule has 1 heterocycles. The predicted octanol–water partition coefficient (Wildman–Crippen LogP) is 3.06. The van der Waals surface area contributed by atoms with Crippen LogP contribution in [-0.2, 0) is 16.1 Å². The molecule has 0 saturated carbocycles. The zero-order valence-corrected chi connectivity index (χ0v) is 16.1. The number of hydrogen-bond acceptors (Lipinski definition) is 3. The molecule has 3 rings (SSSR count). The molecule has 3 aromatic rings. The summed E-state index contributed by atoms with van der Waals surface area (Å²) in [6, 6.07) is 13.6. The third-order valence-electron chi connectivity index (χ3n) is 4.69. The summed E-state index contributed by atoms with van der Waals surface area (Å²) in [5.74, 6) is 0.423. The minimum absolute atomic E-state index is 0.00170. The van der Waals surface area contributed by atoms with Crippen molar-refractivity contribution in [2.45, 2.75) is 27.3 Å². The Morgan fingerprint density at radius 1 is 1.04 bits per heavy atom. The first-order valence-electron chi connectivity index (χ1n) is 8.88. The summed E-state index contributed by atoms with van der Waals surface area (Å²) in [6.07, 6.45) is 0. The maximum Gasteiger partial charge on any atom is 0.243 e. The van der Waals surface area contributed by atoms with Crippen LogP contribution in [0, 0.1) is 20.8 Å². The van der Waals surface area contributed by atoms with Gasteiger partial charge in [0.25, 0.3) is 0 Å². The van der Waals surface area contributed by atoms with E-state index in [1.807, 2.05) is 67.8 Å². The second kappa shape index (κ2) is 7.61. The molecule has 140 valence electrons. The molecule has 0 radical (unpaired) electrons. The Labute approximate surface area is 158 Å². The van der Waals surface area contributed by atoms with Crippen LogP contribution < -0.4 is 5.32 Å². The standard InChI is InChI=1S/C21H24N4O2/c1-14-8-7-9-15(2)21(14)23-19(26)12-24(4)20(27)13-25-16(3)22-17-10-5-6-11-18(17)25/h5-11H,12-13H2,1-4H3,(H,23,26). The van der Waals surface area contributed by atoms with Crippen molar-refractivity contribution in [2.24, 2.45) is 0 Å². The number of imidazole rings is 1. The minimum atomic E-state index is -0.213. The maximum absolute atomic E-state index is 12.6. The van der Waals surface area contributed by atoms with Crippen molar-refractivity contribution in [1.29, 1.82) is 0 Å². The number of amides is 2. The number of carbonyl (C=O) groups excluding carboxylic acids is 2. The fraction of sp³-hybridized carbons (Fsp3) is 0.286. The lowest BCUT2D eigenvalue weighted by atomic mass is 10.1. The van der Waals surface area contributed by atoms with Gasteiger partial charge in [-0.1, -0.05) is 30.3 Å². The lowest BCUT2D eigenvalue weighted by molar-refractivity contribution is -0.133. The van der Waals surface area contributed by atoms with Gasteiger partial charge >= 0.3 is 0 Å². The van der Waals surface area contributed by atoms with Crippen molar-refractivity contribution in [3.63, 3.8) is 0 Å². The molecule has 0 saturated heterocycles. The van der Waals surface area contributed by atoms with Gasteiger partial charge in [0.1, 0.15) is 12.4 Å². The number of para-hydroxylation sites is 3. The highest BCUT2D eigenvalue weighted by Crippen LogP contribution is 2.19. The van der Waals surface area contributed by atoms with Crippen molar-refractivity contribution in [3.8, 4) is 0 Å². The van der Waals surface area contributed by atoms with Gasteiger partial charge in [0.2, 0.25) is 11.8 Å². The average Bonchev–Trinajstić information content (AvgIpc) is 2.94. The second-order valence-electron chi connectivity index (χ2n) is 6.80. The Hall–Kier alpha value is -3.15. The second-order valence-corrected chi connectivity index (χ2v) is 6.80. The van der Waals surface area contributed by atoms with E-state index in [0.717, 1.165) is 33.7 Å². The summed E-state index contributed by atoms with van der Waals surface area (Å²) in [5.41, 5.74) is 4.57. The van der Waals surface area contributed by atoms with E-state index in [1.165, 1.54) is 4.90 Å². The monoisotopic (exact) mass is 364 g/mol. The van der Waals surface area contributed by atoms with Gasteiger partial charge in [-0.2, -0.15) is 0 Å². The Balaban J connectivity index is 1.67. The number of likely N-dealkylation sites (N-methyl/N-ethyl adjacent to an activating group) is 1. The number of rotatable bonds is 5. The molecule has 0 aliphatic carbocycles. The van der Waals surface area contributed by atoms with E-state index >= 15 is 0 Å². The van der Waals surface area contributed by atoms with Crippen LogP contribution in [0.5, 0.6) is 0 Å². The summed E-state index contributed by atoms with van der Waals surface area (Å²) >= 11 is 0. The van der Waals surface area contributed by atoms with E-state index in [1.54, 1.807) is 7.05 Å². The highest BCUT2D eigenvalue weighted by atomic mass is 16.2. The van der Waals surface area contributed by atoms with E-state index in [-0.39, 0.29) is 24.9 Å². The average molecular weight is 364 g/mol. The number of nitrogens with one attached hydrogen (secondary N) is 1. The van der Waals surface area contributed by atoms with Crippen molar-refractivity contribution in [2.75, 3.05) is 18.9 Å². The Morgan fingerprint density at radius 2 is 1.70 bits per heavy atom. The van der Waals surface area contributed by atoms with E-state index in [0.29, 0.717) is 0 Å². The first kappa shape index (κ1) is 18.6. The molecule has 6 nitrogen and oxygen atoms in total. The highest BCUT2D eigenvalue weighted by molar-refractivity contribution is 5.95. The lowest BCUT2D eigenvalue weighted by Crippen LogP contribution is -2.37. The molecule has 0 spiro atoms. The number of nitrogens with zero attached hydrogens (tertiary/aromatic N) is 3. The Bertz CT molecular complexity index is 986. The highest BCUT2D eigenvalue weighted by Gasteiger charge is 2.17. The molecule has 0 aliphatic rings. The smallest absolute Gasteiger partial charge is 0.243 e. The van der Waals surface area contributed by atoms with E-state index < -0.39 is 0 Å². The van der Waals surface area contributed by atoms with Gasteiger partial charge in [-0.3, -0.25) is 9.59 Å². The molecule has 2 aromatic carbocycles. The van der Waals surface area contributed by atoms with Crippen LogP contribution in [0.2, 0.25) is 0 Å². The SMILES string of the molecule is Cc1cccc(C)c1NC(=O)CN(C)C(=O)Cn1c(C)nc2ccccc21. The van der Waals surface area contributed by atoms with Crippen molar-refractivity contribution in [3.05, 3.63) is 59.4 Å². The Kier molecular flexibility index (Phi) is 5.26. The quantitative estimate of drug-likeness (QED) is 0.757. The van der Waals surface area contributed by atoms with Crippen LogP contribution in [0.4, 0.5) is 5.69 Å². The first-order chi connectivity index (χ1) is 12.9. The van der Waals surface area contributed by atoms with Crippen LogP contribution in [0.15, 0.2) is 42.5 Å². The molecule has 0 fully saturated rings. The van der Waals surface area contributed by atoms with Gasteiger partial charge in [-0.15, -0.1) is 0 Å². The Morgan fingerprint density at radius 3 is 2.41 bits per heavy atom. The van der Waals surface area contributed by atoms with Gasteiger partial charge in [0.05, 0.1) is 17.6 Å². The molecule has 0 unspecified atom stereocenters. The first-order valence-corrected chi connectivity index (χ1v) is 8.88. The molecule has 27 heavy (non-hydrogen) atoms. The summed E-state index contributed by atoms with van der Waals surface area (Å²) in [7, 11) is 1.64. The van der Waals surface area contributed by atoms with Crippen molar-refractivity contribution >= 4 is 28.5 Å². The molecule has 0 bridgehead atoms. The van der Waals surface area contributed by atoms with Crippen LogP contribution in [0.1, 0.15) is 17.0 Å². The van der Waals surface area contributed by atoms with Gasteiger partial charge in [-0.25, -0.2) is 4.98 Å². The predicted molar refractivity (Wildman–Crippen MR) is 107 cm³/mol. The number of aromatic nitrogens is 2. The lowest BCUT2D eigenvalue weighted by Gasteiger charge is -2.19. The number of aryl methyl sites for hydroxylation is 3. The van der Waals surface area contributed by atoms with Crippen LogP contribution in [-0.4, -0.2) is 39.9 Å². The zero-order valence-electron chi connectivity index (χ0n) is 16.1. The summed E-state index contributed by atoms with van der Waals surface area (Å²) in [5, 5.41) is 2.91. The summed E-state index contributed by atoms with van der Waals surface area (Å²) < 4.78 is 1.87. The fourth-order valence-corrected chi connectivity index (χ4v) is 3.15. The van der Waals surface area contributed by atoms with Gasteiger partial charge < -0.3 is 14.8 Å². The third-order valence-corrected chi connectivity index (χ3v) is 4.69. The molecule has 0 atom stereocenters. The maximum atomic E-state index is 12.6. The fourth-order valence-electron chi connectivity index (χ4n) is 3.15. The largest absolute Gasteiger partial charge is 0.335 e.